The first-order chi connectivity index (χ1) is 9.77. The number of rotatable bonds is 13. The van der Waals surface area contributed by atoms with Gasteiger partial charge in [0.05, 0.1) is 0 Å². The summed E-state index contributed by atoms with van der Waals surface area (Å²) >= 11 is 0. The Bertz CT molecular complexity index is 306. The molecule has 21 heavy (non-hydrogen) atoms. The van der Waals surface area contributed by atoms with E-state index in [0.717, 1.165) is 44.9 Å². The van der Waals surface area contributed by atoms with E-state index < -0.39 is 5.97 Å². The van der Waals surface area contributed by atoms with Crippen LogP contribution >= 0.6 is 0 Å². The van der Waals surface area contributed by atoms with Crippen molar-refractivity contribution in [3.8, 4) is 0 Å². The third-order valence-electron chi connectivity index (χ3n) is 3.04. The van der Waals surface area contributed by atoms with Gasteiger partial charge in [0, 0.05) is 23.5 Å². The molecule has 0 aliphatic carbocycles. The first-order valence-corrected chi connectivity index (χ1v) is 7.94. The molecule has 0 saturated carbocycles. The molecule has 0 amide bonds. The standard InChI is InChI=1S/C18H30O2.Mn/c1-2-3-4-5-6-7-8-9-10-11-12-13-14-15-16-17-18(19)20;/h3-4,6-7,9-10H,2,5,8,11-17H2,1H3,(H,19,20);/b4-3-,7-6-,10-9-;. The molecule has 0 aliphatic heterocycles. The van der Waals surface area contributed by atoms with Crippen molar-refractivity contribution in [2.45, 2.75) is 71.1 Å². The molecule has 1 radical (unpaired) electrons. The Balaban J connectivity index is 0. The summed E-state index contributed by atoms with van der Waals surface area (Å²) in [6.45, 7) is 2.15. The van der Waals surface area contributed by atoms with Crippen LogP contribution in [0.2, 0.25) is 0 Å². The van der Waals surface area contributed by atoms with Crippen molar-refractivity contribution >= 4 is 5.97 Å². The Hall–Kier alpha value is -0.791. The van der Waals surface area contributed by atoms with Crippen LogP contribution in [0.15, 0.2) is 36.5 Å². The molecule has 0 rings (SSSR count). The maximum absolute atomic E-state index is 10.3. The summed E-state index contributed by atoms with van der Waals surface area (Å²) in [4.78, 5) is 10.3. The minimum absolute atomic E-state index is 0. The van der Waals surface area contributed by atoms with E-state index in [0.29, 0.717) is 6.42 Å². The van der Waals surface area contributed by atoms with E-state index in [9.17, 15) is 4.79 Å². The summed E-state index contributed by atoms with van der Waals surface area (Å²) in [6, 6.07) is 0. The molecular weight excluding hydrogens is 303 g/mol. The van der Waals surface area contributed by atoms with E-state index in [1.165, 1.54) is 12.8 Å². The van der Waals surface area contributed by atoms with Crippen molar-refractivity contribution in [1.29, 1.82) is 0 Å². The van der Waals surface area contributed by atoms with Crippen LogP contribution in [0.1, 0.15) is 71.1 Å². The van der Waals surface area contributed by atoms with Gasteiger partial charge in [0.25, 0.3) is 0 Å². The number of hydrogen-bond donors (Lipinski definition) is 1. The second kappa shape index (κ2) is 19.2. The van der Waals surface area contributed by atoms with Gasteiger partial charge in [0.2, 0.25) is 0 Å². The molecule has 0 bridgehead atoms. The van der Waals surface area contributed by atoms with Gasteiger partial charge in [-0.05, 0) is 38.5 Å². The predicted molar refractivity (Wildman–Crippen MR) is 86.9 cm³/mol. The number of carboxylic acids is 1. The van der Waals surface area contributed by atoms with Crippen molar-refractivity contribution < 1.29 is 27.0 Å². The van der Waals surface area contributed by atoms with Crippen molar-refractivity contribution in [3.63, 3.8) is 0 Å². The summed E-state index contributed by atoms with van der Waals surface area (Å²) < 4.78 is 0. The van der Waals surface area contributed by atoms with Gasteiger partial charge in [-0.2, -0.15) is 0 Å². The van der Waals surface area contributed by atoms with E-state index in [1.54, 1.807) is 0 Å². The minimum atomic E-state index is -0.675. The number of allylic oxidation sites excluding steroid dienone is 6. The molecule has 1 N–H and O–H groups in total. The molecule has 0 spiro atoms. The Kier molecular flexibility index (Phi) is 20.6. The molecule has 0 saturated heterocycles. The fourth-order valence-corrected chi connectivity index (χ4v) is 1.90. The summed E-state index contributed by atoms with van der Waals surface area (Å²) in [5, 5.41) is 8.50. The monoisotopic (exact) mass is 333 g/mol. The molecule has 0 atom stereocenters. The van der Waals surface area contributed by atoms with E-state index in [-0.39, 0.29) is 17.1 Å². The van der Waals surface area contributed by atoms with Crippen LogP contribution < -0.4 is 0 Å². The number of aliphatic carboxylic acids is 1. The molecule has 0 aromatic carbocycles. The van der Waals surface area contributed by atoms with Gasteiger partial charge in [-0.3, -0.25) is 4.79 Å². The summed E-state index contributed by atoms with van der Waals surface area (Å²) in [6.07, 6.45) is 23.4. The van der Waals surface area contributed by atoms with Crippen LogP contribution in [0.3, 0.4) is 0 Å². The fourth-order valence-electron chi connectivity index (χ4n) is 1.90. The number of carboxylic acid groups (broad SMARTS) is 1. The third kappa shape index (κ3) is 21.7. The Morgan fingerprint density at radius 1 is 0.810 bits per heavy atom. The Morgan fingerprint density at radius 2 is 1.33 bits per heavy atom. The smallest absolute Gasteiger partial charge is 0.303 e. The van der Waals surface area contributed by atoms with Crippen molar-refractivity contribution in [2.24, 2.45) is 0 Å². The van der Waals surface area contributed by atoms with Crippen LogP contribution in [-0.4, -0.2) is 11.1 Å². The molecule has 0 heterocycles. The molecule has 3 heteroatoms. The fraction of sp³-hybridized carbons (Fsp3) is 0.611. The van der Waals surface area contributed by atoms with Gasteiger partial charge in [0.1, 0.15) is 0 Å². The van der Waals surface area contributed by atoms with Crippen LogP contribution in [0.5, 0.6) is 0 Å². The van der Waals surface area contributed by atoms with Gasteiger partial charge in [0.15, 0.2) is 0 Å². The number of unbranched alkanes of at least 4 members (excludes halogenated alkanes) is 5. The van der Waals surface area contributed by atoms with Gasteiger partial charge < -0.3 is 5.11 Å². The number of carbonyl (C=O) groups is 1. The van der Waals surface area contributed by atoms with Crippen LogP contribution in [0.4, 0.5) is 0 Å². The maximum atomic E-state index is 10.3. The predicted octanol–water partition coefficient (Wildman–Crippen LogP) is 5.66. The third-order valence-corrected chi connectivity index (χ3v) is 3.04. The quantitative estimate of drug-likeness (QED) is 0.268. The van der Waals surface area contributed by atoms with Crippen molar-refractivity contribution in [1.82, 2.24) is 0 Å². The van der Waals surface area contributed by atoms with E-state index in [1.807, 2.05) is 0 Å². The first kappa shape index (κ1) is 22.5. The van der Waals surface area contributed by atoms with Crippen LogP contribution in [0, 0.1) is 0 Å². The molecule has 0 aromatic heterocycles. The van der Waals surface area contributed by atoms with E-state index in [4.69, 9.17) is 5.11 Å². The molecule has 121 valence electrons. The molecule has 0 unspecified atom stereocenters. The van der Waals surface area contributed by atoms with Gasteiger partial charge >= 0.3 is 5.97 Å². The summed E-state index contributed by atoms with van der Waals surface area (Å²) in [5.41, 5.74) is 0. The van der Waals surface area contributed by atoms with Crippen molar-refractivity contribution in [3.05, 3.63) is 36.5 Å². The summed E-state index contributed by atoms with van der Waals surface area (Å²) in [7, 11) is 0. The molecule has 0 aromatic rings. The largest absolute Gasteiger partial charge is 0.481 e. The average molecular weight is 333 g/mol. The maximum Gasteiger partial charge on any atom is 0.303 e. The zero-order chi connectivity index (χ0) is 14.9. The zero-order valence-corrected chi connectivity index (χ0v) is 14.4. The molecule has 0 fully saturated rings. The van der Waals surface area contributed by atoms with Gasteiger partial charge in [-0.25, -0.2) is 0 Å². The average Bonchev–Trinajstić information content (AvgIpc) is 2.43. The van der Waals surface area contributed by atoms with E-state index in [2.05, 4.69) is 43.4 Å². The molecule has 2 nitrogen and oxygen atoms in total. The zero-order valence-electron chi connectivity index (χ0n) is 13.3. The topological polar surface area (TPSA) is 37.3 Å². The van der Waals surface area contributed by atoms with E-state index >= 15 is 0 Å². The number of hydrogen-bond acceptors (Lipinski definition) is 1. The van der Waals surface area contributed by atoms with Crippen molar-refractivity contribution in [2.75, 3.05) is 0 Å². The first-order valence-electron chi connectivity index (χ1n) is 7.94. The molecule has 0 aliphatic rings. The van der Waals surface area contributed by atoms with Gasteiger partial charge in [-0.15, -0.1) is 0 Å². The van der Waals surface area contributed by atoms with Gasteiger partial charge in [-0.1, -0.05) is 62.6 Å². The minimum Gasteiger partial charge on any atom is -0.481 e. The second-order valence-corrected chi connectivity index (χ2v) is 4.99. The summed E-state index contributed by atoms with van der Waals surface area (Å²) in [5.74, 6) is -0.675. The van der Waals surface area contributed by atoms with Crippen LogP contribution in [0.25, 0.3) is 0 Å². The SMILES string of the molecule is CC/C=C\C/C=C\C/C=C\CCCCCCCC(=O)O.[Mn]. The Labute approximate surface area is 140 Å². The van der Waals surface area contributed by atoms with Crippen LogP contribution in [-0.2, 0) is 21.9 Å². The second-order valence-electron chi connectivity index (χ2n) is 4.99. The molecular formula is C18H30MnO2. The normalized spacial score (nSPS) is 11.5. The Morgan fingerprint density at radius 3 is 1.95 bits per heavy atom.